The molecule has 0 fully saturated rings. The second kappa shape index (κ2) is 5.07. The summed E-state index contributed by atoms with van der Waals surface area (Å²) in [4.78, 5) is 35.4. The van der Waals surface area contributed by atoms with E-state index >= 15 is 0 Å². The van der Waals surface area contributed by atoms with Crippen LogP contribution in [0.1, 0.15) is 27.2 Å². The highest BCUT2D eigenvalue weighted by molar-refractivity contribution is 7.72. The SMILES string of the molecule is CC(C)(C)NCCC(O)(P(=O)(O)O)P(=O)(O)O. The van der Waals surface area contributed by atoms with Crippen LogP contribution in [0.15, 0.2) is 0 Å². The Morgan fingerprint density at radius 1 is 1.00 bits per heavy atom. The molecule has 0 unspecified atom stereocenters. The third-order valence-corrected chi connectivity index (χ3v) is 5.93. The Bertz CT molecular complexity index is 330. The molecule has 0 rings (SSSR count). The molecule has 0 heterocycles. The van der Waals surface area contributed by atoms with Crippen LogP contribution in [0, 0.1) is 0 Å². The molecule has 0 aromatic carbocycles. The van der Waals surface area contributed by atoms with Crippen molar-refractivity contribution in [3.8, 4) is 0 Å². The second-order valence-electron chi connectivity index (χ2n) is 4.79. The number of hydrogen-bond acceptors (Lipinski definition) is 4. The first-order valence-electron chi connectivity index (χ1n) is 4.79. The van der Waals surface area contributed by atoms with E-state index in [-0.39, 0.29) is 6.54 Å². The van der Waals surface area contributed by atoms with E-state index in [1.807, 2.05) is 0 Å². The molecule has 10 heteroatoms. The fraction of sp³-hybridized carbons (Fsp3) is 1.00. The summed E-state index contributed by atoms with van der Waals surface area (Å²) in [5, 5.41) is 8.95. The van der Waals surface area contributed by atoms with Gasteiger partial charge in [0.25, 0.3) is 5.08 Å². The number of aliphatic hydroxyl groups is 1. The molecule has 0 atom stereocenters. The highest BCUT2D eigenvalue weighted by atomic mass is 31.2. The Morgan fingerprint density at radius 3 is 1.59 bits per heavy atom. The van der Waals surface area contributed by atoms with Crippen molar-refractivity contribution in [3.63, 3.8) is 0 Å². The van der Waals surface area contributed by atoms with E-state index < -0.39 is 32.2 Å². The molecule has 0 aromatic heterocycles. The summed E-state index contributed by atoms with van der Waals surface area (Å²) in [7, 11) is -10.7. The fourth-order valence-corrected chi connectivity index (χ4v) is 3.23. The average molecular weight is 291 g/mol. The van der Waals surface area contributed by atoms with Gasteiger partial charge in [-0.2, -0.15) is 0 Å². The molecule has 0 aliphatic rings. The first-order valence-corrected chi connectivity index (χ1v) is 8.02. The normalized spacial score (nSPS) is 15.1. The Hall–Kier alpha value is 0.220. The lowest BCUT2D eigenvalue weighted by atomic mass is 10.1. The predicted molar refractivity (Wildman–Crippen MR) is 61.4 cm³/mol. The van der Waals surface area contributed by atoms with Gasteiger partial charge in [-0.1, -0.05) is 0 Å². The molecule has 0 aliphatic carbocycles. The van der Waals surface area contributed by atoms with Crippen LogP contribution in [0.5, 0.6) is 0 Å². The molecule has 104 valence electrons. The lowest BCUT2D eigenvalue weighted by Gasteiger charge is -2.30. The van der Waals surface area contributed by atoms with E-state index in [1.165, 1.54) is 0 Å². The summed E-state index contributed by atoms with van der Waals surface area (Å²) < 4.78 is 22.0. The van der Waals surface area contributed by atoms with Crippen LogP contribution >= 0.6 is 15.2 Å². The fourth-order valence-electron chi connectivity index (χ4n) is 1.07. The van der Waals surface area contributed by atoms with Gasteiger partial charge in [0.05, 0.1) is 0 Å². The van der Waals surface area contributed by atoms with E-state index in [9.17, 15) is 14.2 Å². The molecule has 0 amide bonds. The van der Waals surface area contributed by atoms with Crippen molar-refractivity contribution in [2.24, 2.45) is 0 Å². The number of hydrogen-bond donors (Lipinski definition) is 6. The van der Waals surface area contributed by atoms with Crippen LogP contribution in [-0.2, 0) is 9.13 Å². The van der Waals surface area contributed by atoms with Crippen LogP contribution < -0.4 is 5.32 Å². The maximum atomic E-state index is 11.0. The van der Waals surface area contributed by atoms with Crippen molar-refractivity contribution in [3.05, 3.63) is 0 Å². The largest absolute Gasteiger partial charge is 0.369 e. The summed E-state index contributed by atoms with van der Waals surface area (Å²) in [5.41, 5.74) is -0.398. The van der Waals surface area contributed by atoms with E-state index in [0.717, 1.165) is 0 Å². The van der Waals surface area contributed by atoms with Crippen molar-refractivity contribution in [1.82, 2.24) is 5.32 Å². The third-order valence-electron chi connectivity index (χ3n) is 2.05. The molecule has 6 N–H and O–H groups in total. The van der Waals surface area contributed by atoms with Gasteiger partial charge >= 0.3 is 15.2 Å². The summed E-state index contributed by atoms with van der Waals surface area (Å²) in [6.07, 6.45) is -0.751. The molecule has 0 aromatic rings. The summed E-state index contributed by atoms with van der Waals surface area (Å²) >= 11 is 0. The molecule has 0 bridgehead atoms. The zero-order valence-electron chi connectivity index (χ0n) is 9.86. The first kappa shape index (κ1) is 17.2. The van der Waals surface area contributed by atoms with Crippen molar-refractivity contribution in [2.75, 3.05) is 6.54 Å². The van der Waals surface area contributed by atoms with Gasteiger partial charge in [-0.05, 0) is 27.3 Å². The maximum Gasteiger partial charge on any atom is 0.369 e. The Kier molecular flexibility index (Phi) is 5.14. The van der Waals surface area contributed by atoms with E-state index in [2.05, 4.69) is 5.32 Å². The van der Waals surface area contributed by atoms with Crippen molar-refractivity contribution >= 4 is 15.2 Å². The molecule has 0 aliphatic heterocycles. The number of nitrogens with one attached hydrogen (secondary N) is 1. The summed E-state index contributed by atoms with van der Waals surface area (Å²) in [5.74, 6) is 0. The van der Waals surface area contributed by atoms with E-state index in [0.29, 0.717) is 0 Å². The van der Waals surface area contributed by atoms with Gasteiger partial charge in [-0.3, -0.25) is 9.13 Å². The molecule has 17 heavy (non-hydrogen) atoms. The van der Waals surface area contributed by atoms with Crippen LogP contribution in [0.4, 0.5) is 0 Å². The standard InChI is InChI=1S/C7H19NO7P2/c1-6(2,3)8-5-4-7(9,16(10,11)12)17(13,14)15/h8-9H,4-5H2,1-3H3,(H2,10,11,12)(H2,13,14,15). The van der Waals surface area contributed by atoms with Crippen molar-refractivity contribution in [2.45, 2.75) is 37.8 Å². The van der Waals surface area contributed by atoms with Gasteiger partial charge in [-0.15, -0.1) is 0 Å². The maximum absolute atomic E-state index is 11.0. The van der Waals surface area contributed by atoms with Gasteiger partial charge in [0.1, 0.15) is 0 Å². The summed E-state index contributed by atoms with van der Waals surface area (Å²) in [6, 6.07) is 0. The van der Waals surface area contributed by atoms with Crippen molar-refractivity contribution < 1.29 is 33.8 Å². The van der Waals surface area contributed by atoms with Gasteiger partial charge in [-0.25, -0.2) is 0 Å². The minimum Gasteiger partial charge on any atom is -0.367 e. The minimum absolute atomic E-state index is 0.143. The highest BCUT2D eigenvalue weighted by Gasteiger charge is 2.58. The Balaban J connectivity index is 4.90. The second-order valence-corrected chi connectivity index (χ2v) is 8.80. The van der Waals surface area contributed by atoms with Crippen molar-refractivity contribution in [1.29, 1.82) is 0 Å². The molecule has 0 saturated heterocycles. The molecular weight excluding hydrogens is 272 g/mol. The Labute approximate surface area is 99.4 Å². The average Bonchev–Trinajstić information content (AvgIpc) is 1.96. The zero-order valence-corrected chi connectivity index (χ0v) is 11.7. The van der Waals surface area contributed by atoms with E-state index in [4.69, 9.17) is 19.6 Å². The van der Waals surface area contributed by atoms with Gasteiger partial charge in [0.15, 0.2) is 0 Å². The molecular formula is C7H19NO7P2. The Morgan fingerprint density at radius 2 is 1.35 bits per heavy atom. The van der Waals surface area contributed by atoms with Gasteiger partial charge < -0.3 is 30.0 Å². The molecule has 0 saturated carbocycles. The quantitative estimate of drug-likeness (QED) is 0.380. The lowest BCUT2D eigenvalue weighted by Crippen LogP contribution is -2.40. The van der Waals surface area contributed by atoms with Gasteiger partial charge in [0, 0.05) is 12.0 Å². The van der Waals surface area contributed by atoms with Crippen LogP contribution in [0.3, 0.4) is 0 Å². The molecule has 8 nitrogen and oxygen atoms in total. The monoisotopic (exact) mass is 291 g/mol. The topological polar surface area (TPSA) is 147 Å². The summed E-state index contributed by atoms with van der Waals surface area (Å²) in [6.45, 7) is 5.15. The zero-order chi connectivity index (χ0) is 14.1. The predicted octanol–water partition coefficient (Wildman–Crippen LogP) is -0.234. The minimum atomic E-state index is -5.34. The highest BCUT2D eigenvalue weighted by Crippen LogP contribution is 2.68. The van der Waals surface area contributed by atoms with E-state index in [1.54, 1.807) is 20.8 Å². The third kappa shape index (κ3) is 4.77. The smallest absolute Gasteiger partial charge is 0.367 e. The van der Waals surface area contributed by atoms with Gasteiger partial charge in [0.2, 0.25) is 0 Å². The van der Waals surface area contributed by atoms with Crippen LogP contribution in [-0.4, -0.2) is 41.8 Å². The lowest BCUT2D eigenvalue weighted by molar-refractivity contribution is 0.121. The number of rotatable bonds is 5. The molecule has 0 radical (unpaired) electrons. The van der Waals surface area contributed by atoms with Crippen LogP contribution in [0.2, 0.25) is 0 Å². The van der Waals surface area contributed by atoms with Crippen LogP contribution in [0.25, 0.3) is 0 Å². The first-order chi connectivity index (χ1) is 7.21. The molecule has 0 spiro atoms.